The summed E-state index contributed by atoms with van der Waals surface area (Å²) in [6, 6.07) is 14.4. The summed E-state index contributed by atoms with van der Waals surface area (Å²) in [5.74, 6) is 1.08. The number of nitrogens with one attached hydrogen (secondary N) is 2. The van der Waals surface area contributed by atoms with Crippen molar-refractivity contribution in [2.75, 3.05) is 11.8 Å². The van der Waals surface area contributed by atoms with Gasteiger partial charge in [0.05, 0.1) is 30.0 Å². The van der Waals surface area contributed by atoms with Crippen LogP contribution in [0.5, 0.6) is 5.75 Å². The van der Waals surface area contributed by atoms with E-state index in [0.717, 1.165) is 30.6 Å². The van der Waals surface area contributed by atoms with Gasteiger partial charge >= 0.3 is 0 Å². The molecule has 1 heterocycles. The van der Waals surface area contributed by atoms with Crippen molar-refractivity contribution in [2.45, 2.75) is 30.2 Å². The van der Waals surface area contributed by atoms with Crippen molar-refractivity contribution in [3.05, 3.63) is 77.7 Å². The van der Waals surface area contributed by atoms with E-state index in [1.807, 2.05) is 6.07 Å². The molecule has 0 bridgehead atoms. The van der Waals surface area contributed by atoms with Crippen LogP contribution in [-0.2, 0) is 16.4 Å². The molecule has 1 amide bonds. The minimum absolute atomic E-state index is 0.0553. The highest BCUT2D eigenvalue weighted by Gasteiger charge is 2.24. The van der Waals surface area contributed by atoms with E-state index in [4.69, 9.17) is 9.15 Å². The molecule has 0 saturated heterocycles. The lowest BCUT2D eigenvalue weighted by Crippen LogP contribution is -2.30. The van der Waals surface area contributed by atoms with Gasteiger partial charge in [0.1, 0.15) is 11.5 Å². The lowest BCUT2D eigenvalue weighted by Gasteiger charge is -2.22. The second kappa shape index (κ2) is 8.23. The van der Waals surface area contributed by atoms with Crippen molar-refractivity contribution < 1.29 is 22.4 Å². The average molecular weight is 426 g/mol. The standard InChI is InChI=1S/C22H22N2O5S/c1-28-21-7-3-2-5-19(21)24-30(26,27)16-11-9-15(10-12-16)22(25)23-18-6-4-8-20-17(18)13-14-29-20/h2-3,5,7,9-14,18,24H,4,6,8H2,1H3,(H,23,25). The molecule has 4 rings (SSSR count). The van der Waals surface area contributed by atoms with Crippen LogP contribution in [0.15, 0.2) is 70.2 Å². The second-order valence-corrected chi connectivity index (χ2v) is 8.73. The molecular weight excluding hydrogens is 404 g/mol. The molecule has 2 N–H and O–H groups in total. The van der Waals surface area contributed by atoms with Crippen molar-refractivity contribution in [2.24, 2.45) is 0 Å². The van der Waals surface area contributed by atoms with E-state index in [9.17, 15) is 13.2 Å². The van der Waals surface area contributed by atoms with Gasteiger partial charge in [-0.15, -0.1) is 0 Å². The molecule has 0 saturated carbocycles. The number of benzene rings is 2. The number of aryl methyl sites for hydroxylation is 1. The molecule has 1 aliphatic carbocycles. The van der Waals surface area contributed by atoms with Gasteiger partial charge in [0.25, 0.3) is 15.9 Å². The van der Waals surface area contributed by atoms with Crippen molar-refractivity contribution in [1.82, 2.24) is 5.32 Å². The van der Waals surface area contributed by atoms with E-state index in [-0.39, 0.29) is 16.8 Å². The molecule has 0 fully saturated rings. The van der Waals surface area contributed by atoms with E-state index < -0.39 is 10.0 Å². The number of rotatable bonds is 6. The van der Waals surface area contributed by atoms with Gasteiger partial charge in [-0.25, -0.2) is 8.42 Å². The molecule has 0 radical (unpaired) electrons. The Balaban J connectivity index is 1.48. The monoisotopic (exact) mass is 426 g/mol. The smallest absolute Gasteiger partial charge is 0.262 e. The highest BCUT2D eigenvalue weighted by Crippen LogP contribution is 2.31. The summed E-state index contributed by atoms with van der Waals surface area (Å²) in [5, 5.41) is 3.01. The fourth-order valence-corrected chi connectivity index (χ4v) is 4.67. The Labute approximate surface area is 175 Å². The quantitative estimate of drug-likeness (QED) is 0.623. The molecule has 30 heavy (non-hydrogen) atoms. The summed E-state index contributed by atoms with van der Waals surface area (Å²) in [6.07, 6.45) is 4.30. The zero-order valence-electron chi connectivity index (χ0n) is 16.4. The van der Waals surface area contributed by atoms with E-state index in [0.29, 0.717) is 17.0 Å². The minimum Gasteiger partial charge on any atom is -0.495 e. The number of amides is 1. The molecule has 8 heteroatoms. The fraction of sp³-hybridized carbons (Fsp3) is 0.227. The molecule has 3 aromatic rings. The molecular formula is C22H22N2O5S. The summed E-state index contributed by atoms with van der Waals surface area (Å²) in [4.78, 5) is 12.7. The Morgan fingerprint density at radius 2 is 1.87 bits per heavy atom. The highest BCUT2D eigenvalue weighted by atomic mass is 32.2. The predicted octanol–water partition coefficient (Wildman–Crippen LogP) is 3.90. The summed E-state index contributed by atoms with van der Waals surface area (Å²) in [6.45, 7) is 0. The number of anilines is 1. The maximum absolute atomic E-state index is 12.7. The van der Waals surface area contributed by atoms with Crippen LogP contribution in [-0.4, -0.2) is 21.4 Å². The van der Waals surface area contributed by atoms with Gasteiger partial charge in [0.2, 0.25) is 0 Å². The Hall–Kier alpha value is -3.26. The van der Waals surface area contributed by atoms with E-state index >= 15 is 0 Å². The number of carbonyl (C=O) groups is 1. The molecule has 7 nitrogen and oxygen atoms in total. The third-order valence-electron chi connectivity index (χ3n) is 5.14. The molecule has 0 spiro atoms. The number of methoxy groups -OCH3 is 1. The van der Waals surface area contributed by atoms with E-state index in [1.165, 1.54) is 31.4 Å². The van der Waals surface area contributed by atoms with Crippen LogP contribution >= 0.6 is 0 Å². The molecule has 0 aliphatic heterocycles. The zero-order valence-corrected chi connectivity index (χ0v) is 17.2. The zero-order chi connectivity index (χ0) is 21.1. The number of sulfonamides is 1. The predicted molar refractivity (Wildman–Crippen MR) is 112 cm³/mol. The molecule has 156 valence electrons. The van der Waals surface area contributed by atoms with Crippen LogP contribution in [0.2, 0.25) is 0 Å². The second-order valence-electron chi connectivity index (χ2n) is 7.05. The van der Waals surface area contributed by atoms with Crippen LogP contribution in [0.4, 0.5) is 5.69 Å². The highest BCUT2D eigenvalue weighted by molar-refractivity contribution is 7.92. The molecule has 1 aliphatic rings. The Morgan fingerprint density at radius 3 is 2.63 bits per heavy atom. The van der Waals surface area contributed by atoms with Gasteiger partial charge in [-0.05, 0) is 55.3 Å². The number of fused-ring (bicyclic) bond motifs is 1. The normalized spacial score (nSPS) is 15.8. The molecule has 1 unspecified atom stereocenters. The number of hydrogen-bond acceptors (Lipinski definition) is 5. The number of carbonyl (C=O) groups excluding carboxylic acids is 1. The summed E-state index contributed by atoms with van der Waals surface area (Å²) >= 11 is 0. The molecule has 2 aromatic carbocycles. The Kier molecular flexibility index (Phi) is 5.50. The lowest BCUT2D eigenvalue weighted by molar-refractivity contribution is 0.0932. The van der Waals surface area contributed by atoms with Crippen LogP contribution in [0.25, 0.3) is 0 Å². The van der Waals surface area contributed by atoms with Gasteiger partial charge in [0.15, 0.2) is 0 Å². The van der Waals surface area contributed by atoms with Crippen molar-refractivity contribution in [3.8, 4) is 5.75 Å². The molecule has 1 atom stereocenters. The first kappa shape index (κ1) is 20.0. The van der Waals surface area contributed by atoms with Crippen LogP contribution in [0.1, 0.15) is 40.6 Å². The van der Waals surface area contributed by atoms with Crippen LogP contribution in [0, 0.1) is 0 Å². The average Bonchev–Trinajstić information content (AvgIpc) is 3.24. The summed E-state index contributed by atoms with van der Waals surface area (Å²) in [5.41, 5.74) is 1.74. The SMILES string of the molecule is COc1ccccc1NS(=O)(=O)c1ccc(C(=O)NC2CCCc3occc32)cc1. The topological polar surface area (TPSA) is 97.6 Å². The van der Waals surface area contributed by atoms with Gasteiger partial charge < -0.3 is 14.5 Å². The maximum Gasteiger partial charge on any atom is 0.262 e. The van der Waals surface area contributed by atoms with Crippen LogP contribution < -0.4 is 14.8 Å². The van der Waals surface area contributed by atoms with E-state index in [1.54, 1.807) is 30.5 Å². The first-order chi connectivity index (χ1) is 14.5. The third kappa shape index (κ3) is 4.04. The number of para-hydroxylation sites is 2. The van der Waals surface area contributed by atoms with Crippen molar-refractivity contribution in [3.63, 3.8) is 0 Å². The van der Waals surface area contributed by atoms with Crippen molar-refractivity contribution in [1.29, 1.82) is 0 Å². The summed E-state index contributed by atoms with van der Waals surface area (Å²) in [7, 11) is -2.35. The van der Waals surface area contributed by atoms with Gasteiger partial charge in [-0.2, -0.15) is 0 Å². The van der Waals surface area contributed by atoms with Gasteiger partial charge in [-0.3, -0.25) is 9.52 Å². The minimum atomic E-state index is -3.82. The third-order valence-corrected chi connectivity index (χ3v) is 6.52. The first-order valence-corrected chi connectivity index (χ1v) is 11.1. The van der Waals surface area contributed by atoms with Crippen LogP contribution in [0.3, 0.4) is 0 Å². The van der Waals surface area contributed by atoms with Gasteiger partial charge in [-0.1, -0.05) is 12.1 Å². The molecule has 1 aromatic heterocycles. The maximum atomic E-state index is 12.7. The number of hydrogen-bond donors (Lipinski definition) is 2. The largest absolute Gasteiger partial charge is 0.495 e. The van der Waals surface area contributed by atoms with Crippen molar-refractivity contribution >= 4 is 21.6 Å². The summed E-state index contributed by atoms with van der Waals surface area (Å²) < 4.78 is 38.5. The van der Waals surface area contributed by atoms with Gasteiger partial charge in [0, 0.05) is 17.5 Å². The number of furan rings is 1. The lowest BCUT2D eigenvalue weighted by atomic mass is 9.93. The fourth-order valence-electron chi connectivity index (χ4n) is 3.60. The van der Waals surface area contributed by atoms with E-state index in [2.05, 4.69) is 10.0 Å². The Bertz CT molecular complexity index is 1150. The Morgan fingerprint density at radius 1 is 1.10 bits per heavy atom. The first-order valence-electron chi connectivity index (χ1n) is 9.61. The number of ether oxygens (including phenoxy) is 1.